The molecule has 2 N–H and O–H groups in total. The zero-order valence-corrected chi connectivity index (χ0v) is 9.04. The molecule has 18 heavy (non-hydrogen) atoms. The molecule has 7 heteroatoms. The lowest BCUT2D eigenvalue weighted by Crippen LogP contribution is -1.97. The molecular weight excluding hydrogens is 241 g/mol. The number of benzene rings is 1. The Morgan fingerprint density at radius 1 is 1.28 bits per heavy atom. The van der Waals surface area contributed by atoms with Crippen LogP contribution in [-0.2, 0) is 0 Å². The van der Waals surface area contributed by atoms with Crippen LogP contribution in [0.2, 0.25) is 0 Å². The molecule has 1 aromatic heterocycles. The van der Waals surface area contributed by atoms with Gasteiger partial charge in [-0.3, -0.25) is 10.1 Å². The van der Waals surface area contributed by atoms with Crippen molar-refractivity contribution in [2.24, 2.45) is 0 Å². The minimum atomic E-state index is -0.602. The van der Waals surface area contributed by atoms with E-state index in [-0.39, 0.29) is 17.4 Å². The largest absolute Gasteiger partial charge is 0.439 e. The van der Waals surface area contributed by atoms with E-state index in [4.69, 9.17) is 10.5 Å². The zero-order chi connectivity index (χ0) is 13.1. The van der Waals surface area contributed by atoms with E-state index in [2.05, 4.69) is 4.98 Å². The van der Waals surface area contributed by atoms with Crippen LogP contribution in [-0.4, -0.2) is 9.91 Å². The molecule has 0 aliphatic rings. The summed E-state index contributed by atoms with van der Waals surface area (Å²) >= 11 is 0. The maximum absolute atomic E-state index is 12.7. The monoisotopic (exact) mass is 249 g/mol. The molecule has 0 saturated heterocycles. The summed E-state index contributed by atoms with van der Waals surface area (Å²) in [5.74, 6) is -0.146. The van der Waals surface area contributed by atoms with Crippen molar-refractivity contribution in [3.8, 4) is 11.6 Å². The maximum Gasteiger partial charge on any atom is 0.278 e. The Morgan fingerprint density at radius 3 is 2.56 bits per heavy atom. The molecule has 92 valence electrons. The second kappa shape index (κ2) is 4.66. The second-order valence-corrected chi connectivity index (χ2v) is 3.40. The standard InChI is InChI=1S/C11H8FN3O3/c12-7-1-3-9(4-2-7)18-11-6-8(15(16)17)5-10(13)14-11/h1-6H,(H2,13,14). The quantitative estimate of drug-likeness (QED) is 0.666. The number of anilines is 1. The van der Waals surface area contributed by atoms with Crippen molar-refractivity contribution in [3.05, 3.63) is 52.3 Å². The molecule has 0 aliphatic carbocycles. The van der Waals surface area contributed by atoms with Crippen LogP contribution in [0.1, 0.15) is 0 Å². The van der Waals surface area contributed by atoms with Crippen LogP contribution in [0.15, 0.2) is 36.4 Å². The van der Waals surface area contributed by atoms with Gasteiger partial charge in [-0.25, -0.2) is 4.39 Å². The molecule has 0 fully saturated rings. The molecule has 0 saturated carbocycles. The predicted molar refractivity (Wildman–Crippen MR) is 61.8 cm³/mol. The highest BCUT2D eigenvalue weighted by Gasteiger charge is 2.11. The number of nitrogens with zero attached hydrogens (tertiary/aromatic N) is 2. The van der Waals surface area contributed by atoms with Gasteiger partial charge in [0, 0.05) is 0 Å². The molecular formula is C11H8FN3O3. The first-order chi connectivity index (χ1) is 8.54. The van der Waals surface area contributed by atoms with Gasteiger partial charge in [0.2, 0.25) is 5.88 Å². The Balaban J connectivity index is 2.28. The number of hydrogen-bond acceptors (Lipinski definition) is 5. The minimum absolute atomic E-state index is 0.0201. The summed E-state index contributed by atoms with van der Waals surface area (Å²) in [5, 5.41) is 10.6. The molecule has 0 unspecified atom stereocenters. The minimum Gasteiger partial charge on any atom is -0.439 e. The number of aromatic nitrogens is 1. The Kier molecular flexibility index (Phi) is 3.05. The van der Waals surface area contributed by atoms with Crippen molar-refractivity contribution in [2.75, 3.05) is 5.73 Å². The highest BCUT2D eigenvalue weighted by atomic mass is 19.1. The summed E-state index contributed by atoms with van der Waals surface area (Å²) in [5.41, 5.74) is 5.20. The first kappa shape index (κ1) is 11.8. The number of halogens is 1. The number of rotatable bonds is 3. The molecule has 0 atom stereocenters. The van der Waals surface area contributed by atoms with Crippen molar-refractivity contribution in [1.29, 1.82) is 0 Å². The van der Waals surface area contributed by atoms with Gasteiger partial charge in [0.25, 0.3) is 5.69 Å². The van der Waals surface area contributed by atoms with E-state index in [1.807, 2.05) is 0 Å². The third kappa shape index (κ3) is 2.70. The summed E-state index contributed by atoms with van der Waals surface area (Å²) < 4.78 is 17.9. The Morgan fingerprint density at radius 2 is 1.94 bits per heavy atom. The number of nitrogen functional groups attached to an aromatic ring is 1. The predicted octanol–water partition coefficient (Wildman–Crippen LogP) is 2.50. The fraction of sp³-hybridized carbons (Fsp3) is 0. The van der Waals surface area contributed by atoms with Gasteiger partial charge in [0.05, 0.1) is 17.1 Å². The summed E-state index contributed by atoms with van der Waals surface area (Å²) in [6.07, 6.45) is 0. The molecule has 0 amide bonds. The van der Waals surface area contributed by atoms with Crippen molar-refractivity contribution < 1.29 is 14.1 Å². The number of hydrogen-bond donors (Lipinski definition) is 1. The van der Waals surface area contributed by atoms with Crippen molar-refractivity contribution in [2.45, 2.75) is 0 Å². The number of pyridine rings is 1. The van der Waals surface area contributed by atoms with E-state index in [0.717, 1.165) is 12.1 Å². The van der Waals surface area contributed by atoms with E-state index in [0.29, 0.717) is 5.75 Å². The van der Waals surface area contributed by atoms with Crippen LogP contribution in [0.25, 0.3) is 0 Å². The van der Waals surface area contributed by atoms with E-state index >= 15 is 0 Å². The SMILES string of the molecule is Nc1cc([N+](=O)[O-])cc(Oc2ccc(F)cc2)n1. The van der Waals surface area contributed by atoms with Gasteiger partial charge in [-0.1, -0.05) is 0 Å². The lowest BCUT2D eigenvalue weighted by atomic mass is 10.3. The van der Waals surface area contributed by atoms with Crippen molar-refractivity contribution in [1.82, 2.24) is 4.98 Å². The van der Waals surface area contributed by atoms with Crippen molar-refractivity contribution in [3.63, 3.8) is 0 Å². The van der Waals surface area contributed by atoms with Crippen LogP contribution < -0.4 is 10.5 Å². The highest BCUT2D eigenvalue weighted by Crippen LogP contribution is 2.25. The summed E-state index contributed by atoms with van der Waals surface area (Å²) in [7, 11) is 0. The van der Waals surface area contributed by atoms with Gasteiger partial charge >= 0.3 is 0 Å². The number of nitrogens with two attached hydrogens (primary N) is 1. The van der Waals surface area contributed by atoms with Gasteiger partial charge in [-0.05, 0) is 24.3 Å². The third-order valence-corrected chi connectivity index (χ3v) is 2.05. The molecule has 1 aromatic carbocycles. The molecule has 1 heterocycles. The second-order valence-electron chi connectivity index (χ2n) is 3.40. The summed E-state index contributed by atoms with van der Waals surface area (Å²) in [4.78, 5) is 13.8. The van der Waals surface area contributed by atoms with Crippen LogP contribution in [0, 0.1) is 15.9 Å². The highest BCUT2D eigenvalue weighted by molar-refractivity contribution is 5.46. The fourth-order valence-corrected chi connectivity index (χ4v) is 1.29. The Hall–Kier alpha value is -2.70. The van der Waals surface area contributed by atoms with Crippen LogP contribution in [0.4, 0.5) is 15.9 Å². The fourth-order valence-electron chi connectivity index (χ4n) is 1.29. The molecule has 6 nitrogen and oxygen atoms in total. The van der Waals surface area contributed by atoms with Gasteiger partial charge in [-0.15, -0.1) is 0 Å². The van der Waals surface area contributed by atoms with E-state index < -0.39 is 10.7 Å². The Labute approximate surface area is 101 Å². The lowest BCUT2D eigenvalue weighted by Gasteiger charge is -2.05. The smallest absolute Gasteiger partial charge is 0.278 e. The zero-order valence-electron chi connectivity index (χ0n) is 9.04. The molecule has 2 aromatic rings. The number of ether oxygens (including phenoxy) is 1. The van der Waals surface area contributed by atoms with Gasteiger partial charge in [-0.2, -0.15) is 4.98 Å². The molecule has 0 radical (unpaired) electrons. The van der Waals surface area contributed by atoms with E-state index in [1.165, 1.54) is 24.3 Å². The average Bonchev–Trinajstić information content (AvgIpc) is 2.31. The Bertz CT molecular complexity index is 587. The topological polar surface area (TPSA) is 91.3 Å². The van der Waals surface area contributed by atoms with Gasteiger partial charge < -0.3 is 10.5 Å². The van der Waals surface area contributed by atoms with Gasteiger partial charge in [0.15, 0.2) is 0 Å². The van der Waals surface area contributed by atoms with Crippen LogP contribution >= 0.6 is 0 Å². The molecule has 0 spiro atoms. The van der Waals surface area contributed by atoms with Crippen LogP contribution in [0.5, 0.6) is 11.6 Å². The summed E-state index contributed by atoms with van der Waals surface area (Å²) in [6, 6.07) is 7.43. The maximum atomic E-state index is 12.7. The lowest BCUT2D eigenvalue weighted by molar-refractivity contribution is -0.384. The first-order valence-electron chi connectivity index (χ1n) is 4.90. The third-order valence-electron chi connectivity index (χ3n) is 2.05. The average molecular weight is 249 g/mol. The first-order valence-corrected chi connectivity index (χ1v) is 4.90. The molecule has 2 rings (SSSR count). The molecule has 0 bridgehead atoms. The van der Waals surface area contributed by atoms with Gasteiger partial charge in [0.1, 0.15) is 17.4 Å². The normalized spacial score (nSPS) is 10.1. The van der Waals surface area contributed by atoms with Crippen molar-refractivity contribution >= 4 is 11.5 Å². The summed E-state index contributed by atoms with van der Waals surface area (Å²) in [6.45, 7) is 0. The van der Waals surface area contributed by atoms with E-state index in [1.54, 1.807) is 0 Å². The molecule has 0 aliphatic heterocycles. The van der Waals surface area contributed by atoms with Crippen LogP contribution in [0.3, 0.4) is 0 Å². The number of nitro groups is 1. The van der Waals surface area contributed by atoms with E-state index in [9.17, 15) is 14.5 Å².